The Hall–Kier alpha value is 0.160. The quantitative estimate of drug-likeness (QED) is 0.681. The monoisotopic (exact) mass is 239 g/mol. The molecule has 6 heteroatoms. The Labute approximate surface area is 90.4 Å². The summed E-state index contributed by atoms with van der Waals surface area (Å²) in [6.45, 7) is 7.61. The molecule has 0 aromatic carbocycles. The Kier molecular flexibility index (Phi) is 4.18. The Morgan fingerprint density at radius 2 is 1.71 bits per heavy atom. The summed E-state index contributed by atoms with van der Waals surface area (Å²) in [5.74, 6) is 1.34. The topological polar surface area (TPSA) is 40.6 Å². The van der Waals surface area contributed by atoms with E-state index < -0.39 is 9.24 Å². The van der Waals surface area contributed by atoms with E-state index in [9.17, 15) is 8.42 Å². The van der Waals surface area contributed by atoms with Gasteiger partial charge in [-0.1, -0.05) is 13.8 Å². The standard InChI is InChI=1S/C8H16ClN2O2S/c1-8(2)7-10-3-5-11(6-4-10)14(9,12)13/h3-7H2,1-2H3. The van der Waals surface area contributed by atoms with E-state index in [1.807, 2.05) is 0 Å². The van der Waals surface area contributed by atoms with Gasteiger partial charge in [-0.15, -0.1) is 0 Å². The smallest absolute Gasteiger partial charge is 0.299 e. The molecule has 1 heterocycles. The van der Waals surface area contributed by atoms with Crippen molar-refractivity contribution in [2.75, 3.05) is 32.7 Å². The molecular weight excluding hydrogens is 224 g/mol. The van der Waals surface area contributed by atoms with Crippen molar-refractivity contribution in [2.45, 2.75) is 13.8 Å². The van der Waals surface area contributed by atoms with Gasteiger partial charge in [-0.2, -0.15) is 12.7 Å². The minimum absolute atomic E-state index is 0.499. The number of nitrogens with zero attached hydrogens (tertiary/aromatic N) is 2. The molecule has 0 amide bonds. The molecule has 14 heavy (non-hydrogen) atoms. The van der Waals surface area contributed by atoms with Crippen molar-refractivity contribution in [1.82, 2.24) is 9.21 Å². The summed E-state index contributed by atoms with van der Waals surface area (Å²) in [6.07, 6.45) is 0. The lowest BCUT2D eigenvalue weighted by atomic mass is 10.2. The summed E-state index contributed by atoms with van der Waals surface area (Å²) < 4.78 is 23.3. The largest absolute Gasteiger partial charge is 0.300 e. The van der Waals surface area contributed by atoms with Crippen LogP contribution < -0.4 is 0 Å². The fraction of sp³-hybridized carbons (Fsp3) is 0.875. The van der Waals surface area contributed by atoms with Crippen LogP contribution in [-0.2, 0) is 9.24 Å². The molecule has 1 aliphatic rings. The van der Waals surface area contributed by atoms with Gasteiger partial charge in [-0.05, 0) is 5.92 Å². The van der Waals surface area contributed by atoms with Crippen LogP contribution in [0.5, 0.6) is 0 Å². The molecule has 1 radical (unpaired) electrons. The molecule has 0 saturated carbocycles. The first-order valence-electron chi connectivity index (χ1n) is 4.60. The maximum atomic E-state index is 11.0. The Bertz CT molecular complexity index is 271. The first kappa shape index (κ1) is 12.2. The number of hydrogen-bond acceptors (Lipinski definition) is 3. The molecule has 1 saturated heterocycles. The van der Waals surface area contributed by atoms with Crippen molar-refractivity contribution in [2.24, 2.45) is 0 Å². The van der Waals surface area contributed by atoms with Gasteiger partial charge in [-0.25, -0.2) is 0 Å². The van der Waals surface area contributed by atoms with E-state index >= 15 is 0 Å². The molecular formula is C8H16ClN2O2S. The fourth-order valence-electron chi connectivity index (χ4n) is 1.55. The van der Waals surface area contributed by atoms with Gasteiger partial charge in [0.1, 0.15) is 0 Å². The summed E-state index contributed by atoms with van der Waals surface area (Å²) in [5, 5.41) is 0. The van der Waals surface area contributed by atoms with E-state index in [0.29, 0.717) is 13.1 Å². The third-order valence-corrected chi connectivity index (χ3v) is 3.75. The van der Waals surface area contributed by atoms with Crippen LogP contribution in [0.4, 0.5) is 0 Å². The SMILES string of the molecule is C[C](C)CN1CCN(S(=O)(=O)Cl)CC1. The van der Waals surface area contributed by atoms with Gasteiger partial charge >= 0.3 is 0 Å². The Morgan fingerprint density at radius 3 is 2.07 bits per heavy atom. The zero-order valence-corrected chi connectivity index (χ0v) is 10.1. The molecule has 1 aliphatic heterocycles. The Balaban J connectivity index is 2.39. The van der Waals surface area contributed by atoms with Crippen molar-refractivity contribution in [3.63, 3.8) is 0 Å². The van der Waals surface area contributed by atoms with Crippen LogP contribution in [-0.4, -0.2) is 50.3 Å². The molecule has 1 fully saturated rings. The second-order valence-corrected chi connectivity index (χ2v) is 6.33. The molecule has 0 unspecified atom stereocenters. The number of piperazine rings is 1. The lowest BCUT2D eigenvalue weighted by Crippen LogP contribution is -2.48. The van der Waals surface area contributed by atoms with E-state index in [2.05, 4.69) is 18.7 Å². The molecule has 0 aliphatic carbocycles. The lowest BCUT2D eigenvalue weighted by molar-refractivity contribution is 0.196. The molecule has 0 bridgehead atoms. The average Bonchev–Trinajstić information content (AvgIpc) is 2.02. The van der Waals surface area contributed by atoms with Crippen LogP contribution in [0.3, 0.4) is 0 Å². The van der Waals surface area contributed by atoms with Crippen LogP contribution in [0.2, 0.25) is 0 Å². The zero-order chi connectivity index (χ0) is 10.8. The summed E-state index contributed by atoms with van der Waals surface area (Å²) in [7, 11) is 1.73. The zero-order valence-electron chi connectivity index (χ0n) is 8.53. The van der Waals surface area contributed by atoms with Gasteiger partial charge in [0.2, 0.25) is 0 Å². The third kappa shape index (κ3) is 3.73. The van der Waals surface area contributed by atoms with Gasteiger partial charge in [0, 0.05) is 43.4 Å². The summed E-state index contributed by atoms with van der Waals surface area (Å²) in [6, 6.07) is 0. The second kappa shape index (κ2) is 4.79. The van der Waals surface area contributed by atoms with E-state index in [4.69, 9.17) is 10.7 Å². The maximum Gasteiger partial charge on any atom is 0.299 e. The summed E-state index contributed by atoms with van der Waals surface area (Å²) in [4.78, 5) is 2.23. The van der Waals surface area contributed by atoms with Gasteiger partial charge in [0.25, 0.3) is 9.24 Å². The van der Waals surface area contributed by atoms with Gasteiger partial charge in [0.15, 0.2) is 0 Å². The normalized spacial score (nSPS) is 21.7. The minimum atomic E-state index is -3.51. The van der Waals surface area contributed by atoms with Crippen LogP contribution in [0, 0.1) is 5.92 Å². The van der Waals surface area contributed by atoms with Gasteiger partial charge in [0.05, 0.1) is 0 Å². The molecule has 0 spiro atoms. The van der Waals surface area contributed by atoms with Crippen molar-refractivity contribution >= 4 is 19.9 Å². The van der Waals surface area contributed by atoms with Crippen LogP contribution in [0.25, 0.3) is 0 Å². The highest BCUT2D eigenvalue weighted by molar-refractivity contribution is 8.11. The lowest BCUT2D eigenvalue weighted by Gasteiger charge is -2.33. The van der Waals surface area contributed by atoms with E-state index in [1.165, 1.54) is 10.2 Å². The van der Waals surface area contributed by atoms with Crippen molar-refractivity contribution in [3.8, 4) is 0 Å². The van der Waals surface area contributed by atoms with Gasteiger partial charge < -0.3 is 4.90 Å². The number of hydrogen-bond donors (Lipinski definition) is 0. The average molecular weight is 240 g/mol. The predicted octanol–water partition coefficient (Wildman–Crippen LogP) is 0.702. The summed E-state index contributed by atoms with van der Waals surface area (Å²) >= 11 is 0. The molecule has 0 atom stereocenters. The molecule has 1 rings (SSSR count). The van der Waals surface area contributed by atoms with E-state index in [1.54, 1.807) is 0 Å². The first-order chi connectivity index (χ1) is 6.39. The minimum Gasteiger partial charge on any atom is -0.300 e. The van der Waals surface area contributed by atoms with Crippen molar-refractivity contribution < 1.29 is 8.42 Å². The van der Waals surface area contributed by atoms with Crippen molar-refractivity contribution in [3.05, 3.63) is 5.92 Å². The molecule has 0 aromatic heterocycles. The highest BCUT2D eigenvalue weighted by Gasteiger charge is 2.24. The Morgan fingerprint density at radius 1 is 1.21 bits per heavy atom. The van der Waals surface area contributed by atoms with Crippen LogP contribution in [0.15, 0.2) is 0 Å². The fourth-order valence-corrected chi connectivity index (χ4v) is 2.57. The van der Waals surface area contributed by atoms with Gasteiger partial charge in [-0.3, -0.25) is 0 Å². The van der Waals surface area contributed by atoms with E-state index in [-0.39, 0.29) is 0 Å². The number of halogens is 1. The second-order valence-electron chi connectivity index (χ2n) is 3.82. The summed E-state index contributed by atoms with van der Waals surface area (Å²) in [5.41, 5.74) is 0. The number of rotatable bonds is 3. The van der Waals surface area contributed by atoms with Crippen LogP contribution in [0.1, 0.15) is 13.8 Å². The molecule has 83 valence electrons. The highest BCUT2D eigenvalue weighted by Crippen LogP contribution is 2.12. The first-order valence-corrected chi connectivity index (χ1v) is 6.87. The predicted molar refractivity (Wildman–Crippen MR) is 57.4 cm³/mol. The highest BCUT2D eigenvalue weighted by atomic mass is 35.7. The van der Waals surface area contributed by atoms with Crippen LogP contribution >= 0.6 is 10.7 Å². The molecule has 0 aromatic rings. The maximum absolute atomic E-state index is 11.0. The molecule has 0 N–H and O–H groups in total. The third-order valence-electron chi connectivity index (χ3n) is 2.18. The van der Waals surface area contributed by atoms with Crippen molar-refractivity contribution in [1.29, 1.82) is 0 Å². The van der Waals surface area contributed by atoms with E-state index in [0.717, 1.165) is 19.6 Å². The molecule has 4 nitrogen and oxygen atoms in total.